The van der Waals surface area contributed by atoms with Gasteiger partial charge in [0.15, 0.2) is 0 Å². The van der Waals surface area contributed by atoms with Gasteiger partial charge >= 0.3 is 19.5 Å². The largest absolute Gasteiger partial charge is 4.00 e. The van der Waals surface area contributed by atoms with Gasteiger partial charge in [-0.3, -0.25) is 0 Å². The second-order valence-electron chi connectivity index (χ2n) is 18.2. The van der Waals surface area contributed by atoms with Gasteiger partial charge in [0.05, 0.1) is 60.0 Å². The normalized spacial score (nSPS) is 11.3. The van der Waals surface area contributed by atoms with Gasteiger partial charge in [-0.1, -0.05) is 97.1 Å². The molecule has 14 nitrogen and oxygen atoms in total. The van der Waals surface area contributed by atoms with Crippen molar-refractivity contribution in [2.45, 2.75) is 0 Å². The van der Waals surface area contributed by atoms with Crippen molar-refractivity contribution < 1.29 is 48.4 Å². The van der Waals surface area contributed by atoms with Gasteiger partial charge in [0.2, 0.25) is 0 Å². The van der Waals surface area contributed by atoms with Crippen LogP contribution in [0.1, 0.15) is 20.7 Å². The Kier molecular flexibility index (Phi) is 11.9. The minimum atomic E-state index is -1.17. The molecule has 0 fully saturated rings. The number of nitrogens with zero attached hydrogens (tertiary/aromatic N) is 10. The van der Waals surface area contributed by atoms with E-state index >= 15 is 0 Å². The topological polar surface area (TPSA) is 194 Å². The summed E-state index contributed by atoms with van der Waals surface area (Å²) in [6.45, 7) is 0. The van der Waals surface area contributed by atoms with Crippen molar-refractivity contribution in [3.63, 3.8) is 0 Å². The Hall–Kier alpha value is -10.2. The summed E-state index contributed by atoms with van der Waals surface area (Å²) in [4.78, 5) is 61.9. The second kappa shape index (κ2) is 19.2. The van der Waals surface area contributed by atoms with Gasteiger partial charge in [-0.2, -0.15) is 0 Å². The third-order valence-corrected chi connectivity index (χ3v) is 13.4. The van der Waals surface area contributed by atoms with Crippen molar-refractivity contribution in [2.24, 2.45) is 0 Å². The zero-order chi connectivity index (χ0) is 51.6. The molecular weight excluding hydrogens is 1050 g/mol. The van der Waals surface area contributed by atoms with Crippen LogP contribution in [0.15, 0.2) is 195 Å². The van der Waals surface area contributed by atoms with Gasteiger partial charge in [-0.15, -0.1) is 0 Å². The van der Waals surface area contributed by atoms with Crippen LogP contribution in [0.3, 0.4) is 0 Å². The number of carbonyl (C=O) groups is 2. The maximum atomic E-state index is 10.2. The monoisotopic (exact) mass is 1090 g/mol. The molecule has 0 aliphatic carbocycles. The summed E-state index contributed by atoms with van der Waals surface area (Å²) in [5.41, 5.74) is 6.00. The van der Waals surface area contributed by atoms with Crippen LogP contribution < -0.4 is 29.3 Å². The molecule has 13 aromatic rings. The first-order valence-electron chi connectivity index (χ1n) is 24.0. The molecule has 8 bridgehead atoms. The van der Waals surface area contributed by atoms with E-state index in [-0.39, 0.29) is 30.6 Å². The van der Waals surface area contributed by atoms with Crippen LogP contribution in [-0.2, 0) is 19.5 Å². The van der Waals surface area contributed by atoms with Gasteiger partial charge in [0, 0.05) is 58.9 Å². The summed E-state index contributed by atoms with van der Waals surface area (Å²) in [5, 5.41) is 32.6. The van der Waals surface area contributed by atoms with Crippen molar-refractivity contribution in [2.75, 3.05) is 0 Å². The van der Waals surface area contributed by atoms with Crippen LogP contribution in [0, 0.1) is 14.1 Å². The molecule has 0 saturated heterocycles. The van der Waals surface area contributed by atoms with E-state index in [1.165, 1.54) is 33.4 Å². The van der Waals surface area contributed by atoms with Crippen LogP contribution in [0.5, 0.6) is 0 Å². The van der Waals surface area contributed by atoms with Crippen LogP contribution in [0.4, 0.5) is 0 Å². The number of rotatable bonds is 2. The van der Waals surface area contributed by atoms with Crippen molar-refractivity contribution in [1.82, 2.24) is 39.9 Å². The number of benzene rings is 8. The van der Waals surface area contributed by atoms with Crippen molar-refractivity contribution in [1.29, 1.82) is 0 Å². The first kappa shape index (κ1) is 47.7. The summed E-state index contributed by atoms with van der Waals surface area (Å²) in [5.74, 6) is -0.193. The summed E-state index contributed by atoms with van der Waals surface area (Å²) < 4.78 is 3.01. The second-order valence-corrected chi connectivity index (χ2v) is 18.2. The number of pyridine rings is 2. The molecule has 0 radical (unpaired) electrons. The maximum absolute atomic E-state index is 10.2. The summed E-state index contributed by atoms with van der Waals surface area (Å²) in [6.07, 6.45) is 6.19. The number of fused-ring (bicyclic) bond motifs is 24. The van der Waals surface area contributed by atoms with Crippen molar-refractivity contribution in [3.8, 4) is 45.6 Å². The fourth-order valence-corrected chi connectivity index (χ4v) is 9.59. The number of hydrogen-bond donors (Lipinski definition) is 0. The van der Waals surface area contributed by atoms with Gasteiger partial charge in [0.25, 0.3) is 0 Å². The Morgan fingerprint density at radius 2 is 0.571 bits per heavy atom. The quantitative estimate of drug-likeness (QED) is 0.0910. The number of aromatic carboxylic acids is 2. The van der Waals surface area contributed by atoms with Gasteiger partial charge in [-0.25, -0.2) is 9.97 Å². The molecule has 5 aromatic heterocycles. The molecule has 2 aliphatic heterocycles. The van der Waals surface area contributed by atoms with E-state index in [1.54, 1.807) is 24.8 Å². The minimum absolute atomic E-state index is 0. The minimum Gasteiger partial charge on any atom is -0.545 e. The zero-order valence-electron chi connectivity index (χ0n) is 40.3. The Morgan fingerprint density at radius 1 is 0.351 bits per heavy atom. The molecule has 0 amide bonds. The molecular formula is C62H36N10O4Ru. The fourth-order valence-electron chi connectivity index (χ4n) is 9.59. The third kappa shape index (κ3) is 8.86. The summed E-state index contributed by atoms with van der Waals surface area (Å²) in [7, 11) is 7.05. The Bertz CT molecular complexity index is 4220. The van der Waals surface area contributed by atoms with E-state index in [0.717, 1.165) is 86.9 Å². The average Bonchev–Trinajstić information content (AvgIpc) is 4.20. The SMILES string of the molecule is [CH2-][n+]1ccc(C(=O)[O-])cc1.[CH2-][n+]1ccc(C(=O)[O-])cc1.[Ru+4].c1ccc2cc3c(cc2c1)-c1nc-3nc2[n-]c(nc3nc(nc4[n-]c(n1)c1cc5ccccc5cc41)-c1cc4ccccc4cc1-3)c1cc3ccccc3cc21. The van der Waals surface area contributed by atoms with Gasteiger partial charge in [0.1, 0.15) is 0 Å². The average molecular weight is 1090 g/mol. The van der Waals surface area contributed by atoms with Gasteiger partial charge < -0.3 is 58.8 Å². The molecule has 366 valence electrons. The molecule has 15 heteroatoms. The molecule has 15 rings (SSSR count). The fraction of sp³-hybridized carbons (Fsp3) is 0. The molecule has 2 aliphatic rings. The van der Waals surface area contributed by atoms with Crippen molar-refractivity contribution in [3.05, 3.63) is 220 Å². The first-order valence-corrected chi connectivity index (χ1v) is 24.0. The zero-order valence-corrected chi connectivity index (χ0v) is 42.1. The van der Waals surface area contributed by atoms with Crippen molar-refractivity contribution >= 4 is 99.2 Å². The predicted molar refractivity (Wildman–Crippen MR) is 287 cm³/mol. The predicted octanol–water partition coefficient (Wildman–Crippen LogP) is 8.69. The molecule has 0 spiro atoms. The third-order valence-electron chi connectivity index (χ3n) is 13.4. The molecule has 77 heavy (non-hydrogen) atoms. The van der Waals surface area contributed by atoms with Crippen LogP contribution in [0.2, 0.25) is 0 Å². The molecule has 0 unspecified atom stereocenters. The number of carboxylic acid groups (broad SMARTS) is 2. The first-order chi connectivity index (χ1) is 37.1. The number of carbonyl (C=O) groups excluding carboxylic acids is 2. The van der Waals surface area contributed by atoms with Gasteiger partial charge in [-0.05, 0) is 149 Å². The van der Waals surface area contributed by atoms with Crippen LogP contribution >= 0.6 is 0 Å². The Morgan fingerprint density at radius 3 is 0.792 bits per heavy atom. The van der Waals surface area contributed by atoms with Crippen LogP contribution in [0.25, 0.3) is 133 Å². The maximum Gasteiger partial charge on any atom is 4.00 e. The Labute approximate surface area is 450 Å². The molecule has 0 N–H and O–H groups in total. The van der Waals surface area contributed by atoms with E-state index in [2.05, 4.69) is 111 Å². The Balaban J connectivity index is 0.000000239. The smallest absolute Gasteiger partial charge is 0.545 e. The van der Waals surface area contributed by atoms with E-state index in [1.807, 2.05) is 48.5 Å². The molecule has 7 heterocycles. The van der Waals surface area contributed by atoms with Crippen LogP contribution in [-0.4, -0.2) is 41.8 Å². The molecule has 0 atom stereocenters. The van der Waals surface area contributed by atoms with E-state index in [0.29, 0.717) is 45.9 Å². The molecule has 8 aromatic carbocycles. The van der Waals surface area contributed by atoms with E-state index in [9.17, 15) is 19.8 Å². The standard InChI is InChI=1S/C48H24N8.2C7H7NO2.Ru/c1-2-10-26-18-34-33(17-25(26)9-1)41-49-42(34)54-44-37-21-29-13-5-6-14-30(29)22-38(37)46(51-44)56-48-40-24-32-16-8-7-15-31(32)23-39(40)47(52-48)55-45-36-20-28-12-4-3-11-27(28)19-35(36)43(50-45)53-41;2*1-8-4-2-6(3-5-8)7(9)10;/h1-24H;2*2-5H,1H2,(H,9,10);/q-2;;;+4/p-2. The van der Waals surface area contributed by atoms with E-state index < -0.39 is 11.9 Å². The summed E-state index contributed by atoms with van der Waals surface area (Å²) in [6, 6.07) is 56.1. The summed E-state index contributed by atoms with van der Waals surface area (Å²) >= 11 is 0. The number of aromatic nitrogens is 10. The van der Waals surface area contributed by atoms with E-state index in [4.69, 9.17) is 39.9 Å². The number of hydrogen-bond acceptors (Lipinski definition) is 10. The molecule has 0 saturated carbocycles. The number of carboxylic acids is 2.